The van der Waals surface area contributed by atoms with Crippen molar-refractivity contribution in [1.82, 2.24) is 9.80 Å². The lowest BCUT2D eigenvalue weighted by atomic mass is 9.72. The summed E-state index contributed by atoms with van der Waals surface area (Å²) < 4.78 is 0. The predicted molar refractivity (Wildman–Crippen MR) is 105 cm³/mol. The summed E-state index contributed by atoms with van der Waals surface area (Å²) in [5.41, 5.74) is 1.25. The van der Waals surface area contributed by atoms with E-state index in [1.165, 1.54) is 0 Å². The normalized spacial score (nSPS) is 20.7. The molecule has 0 saturated carbocycles. The molecule has 1 N–H and O–H groups in total. The lowest BCUT2D eigenvalue weighted by Gasteiger charge is -2.48. The van der Waals surface area contributed by atoms with Gasteiger partial charge in [0.05, 0.1) is 5.92 Å². The molecule has 1 atom stereocenters. The Kier molecular flexibility index (Phi) is 6.53. The maximum atomic E-state index is 13.1. The number of nitrogens with zero attached hydrogens (tertiary/aromatic N) is 2. The Balaban J connectivity index is 1.61. The van der Waals surface area contributed by atoms with Gasteiger partial charge in [-0.15, -0.1) is 0 Å². The summed E-state index contributed by atoms with van der Waals surface area (Å²) in [6, 6.07) is 10.1. The van der Waals surface area contributed by atoms with E-state index in [0.29, 0.717) is 19.4 Å². The Morgan fingerprint density at radius 2 is 1.89 bits per heavy atom. The maximum Gasteiger partial charge on any atom is 0.230 e. The highest BCUT2D eigenvalue weighted by Gasteiger charge is 2.42. The number of likely N-dealkylation sites (tertiary alicyclic amines) is 2. The molecule has 0 bridgehead atoms. The summed E-state index contributed by atoms with van der Waals surface area (Å²) in [4.78, 5) is 29.2. The molecule has 2 amide bonds. The maximum absolute atomic E-state index is 13.1. The second-order valence-electron chi connectivity index (χ2n) is 8.09. The van der Waals surface area contributed by atoms with Crippen LogP contribution in [0.5, 0.6) is 0 Å². The standard InChI is InChI=1S/C22H32N2O3/c1-2-19(18-7-4-3-5-8-18)21(27)23-14-11-22(12-15-23)10-9-20(26)24(17-22)13-6-16-25/h3-5,7-8,19,25H,2,6,9-17H2,1H3/t19-/m1/s1. The summed E-state index contributed by atoms with van der Waals surface area (Å²) in [6.45, 7) is 5.19. The molecule has 1 aromatic rings. The third kappa shape index (κ3) is 4.52. The van der Waals surface area contributed by atoms with E-state index in [2.05, 4.69) is 6.92 Å². The first-order valence-corrected chi connectivity index (χ1v) is 10.3. The van der Waals surface area contributed by atoms with Crippen LogP contribution in [0.25, 0.3) is 0 Å². The molecule has 5 heteroatoms. The van der Waals surface area contributed by atoms with Gasteiger partial charge in [0, 0.05) is 39.2 Å². The highest BCUT2D eigenvalue weighted by Crippen LogP contribution is 2.41. The summed E-state index contributed by atoms with van der Waals surface area (Å²) in [5.74, 6) is 0.388. The molecule has 3 rings (SSSR count). The zero-order chi connectivity index (χ0) is 19.3. The Morgan fingerprint density at radius 3 is 2.52 bits per heavy atom. The number of aliphatic hydroxyl groups is 1. The molecule has 27 heavy (non-hydrogen) atoms. The van der Waals surface area contributed by atoms with Crippen molar-refractivity contribution < 1.29 is 14.7 Å². The molecular formula is C22H32N2O3. The van der Waals surface area contributed by atoms with Gasteiger partial charge in [0.2, 0.25) is 11.8 Å². The van der Waals surface area contributed by atoms with Crippen LogP contribution in [0, 0.1) is 5.41 Å². The third-order valence-electron chi connectivity index (χ3n) is 6.38. The van der Waals surface area contributed by atoms with E-state index in [1.54, 1.807) is 0 Å². The van der Waals surface area contributed by atoms with Crippen LogP contribution in [-0.4, -0.2) is 59.5 Å². The van der Waals surface area contributed by atoms with Crippen LogP contribution in [0.3, 0.4) is 0 Å². The topological polar surface area (TPSA) is 60.9 Å². The number of aliphatic hydroxyl groups excluding tert-OH is 1. The monoisotopic (exact) mass is 372 g/mol. The fraction of sp³-hybridized carbons (Fsp3) is 0.636. The zero-order valence-electron chi connectivity index (χ0n) is 16.4. The molecule has 0 aromatic heterocycles. The van der Waals surface area contributed by atoms with Crippen molar-refractivity contribution in [3.8, 4) is 0 Å². The zero-order valence-corrected chi connectivity index (χ0v) is 16.4. The number of rotatable bonds is 6. The molecule has 0 aliphatic carbocycles. The van der Waals surface area contributed by atoms with Crippen molar-refractivity contribution in [2.75, 3.05) is 32.8 Å². The number of amides is 2. The predicted octanol–water partition coefficient (Wildman–Crippen LogP) is 2.79. The second kappa shape index (κ2) is 8.87. The smallest absolute Gasteiger partial charge is 0.230 e. The van der Waals surface area contributed by atoms with Gasteiger partial charge < -0.3 is 14.9 Å². The van der Waals surface area contributed by atoms with Gasteiger partial charge in [-0.2, -0.15) is 0 Å². The van der Waals surface area contributed by atoms with Gasteiger partial charge in [-0.05, 0) is 43.1 Å². The Morgan fingerprint density at radius 1 is 1.19 bits per heavy atom. The molecule has 2 saturated heterocycles. The average Bonchev–Trinajstić information content (AvgIpc) is 2.71. The molecular weight excluding hydrogens is 340 g/mol. The second-order valence-corrected chi connectivity index (χ2v) is 8.09. The molecule has 2 aliphatic rings. The average molecular weight is 373 g/mol. The summed E-state index contributed by atoms with van der Waals surface area (Å²) in [6.07, 6.45) is 4.91. The minimum atomic E-state index is -0.0609. The molecule has 2 heterocycles. The molecule has 1 spiro atoms. The molecule has 2 fully saturated rings. The largest absolute Gasteiger partial charge is 0.396 e. The highest BCUT2D eigenvalue weighted by molar-refractivity contribution is 5.84. The quantitative estimate of drug-likeness (QED) is 0.835. The number of hydrogen-bond acceptors (Lipinski definition) is 3. The van der Waals surface area contributed by atoms with E-state index >= 15 is 0 Å². The number of carbonyl (C=O) groups excluding carboxylic acids is 2. The molecule has 0 unspecified atom stereocenters. The van der Waals surface area contributed by atoms with Gasteiger partial charge in [0.15, 0.2) is 0 Å². The third-order valence-corrected chi connectivity index (χ3v) is 6.38. The van der Waals surface area contributed by atoms with Gasteiger partial charge in [-0.1, -0.05) is 37.3 Å². The fourth-order valence-corrected chi connectivity index (χ4v) is 4.64. The summed E-state index contributed by atoms with van der Waals surface area (Å²) >= 11 is 0. The van der Waals surface area contributed by atoms with Crippen molar-refractivity contribution in [3.63, 3.8) is 0 Å². The number of piperidine rings is 2. The van der Waals surface area contributed by atoms with E-state index in [9.17, 15) is 9.59 Å². The van der Waals surface area contributed by atoms with Crippen LogP contribution < -0.4 is 0 Å². The molecule has 2 aliphatic heterocycles. The fourth-order valence-electron chi connectivity index (χ4n) is 4.64. The van der Waals surface area contributed by atoms with Crippen molar-refractivity contribution in [3.05, 3.63) is 35.9 Å². The lowest BCUT2D eigenvalue weighted by molar-refractivity contribution is -0.143. The van der Waals surface area contributed by atoms with Crippen LogP contribution in [0.1, 0.15) is 56.9 Å². The van der Waals surface area contributed by atoms with Crippen LogP contribution in [0.15, 0.2) is 30.3 Å². The molecule has 148 valence electrons. The Labute approximate surface area is 162 Å². The Bertz CT molecular complexity index is 638. The van der Waals surface area contributed by atoms with Gasteiger partial charge in [-0.3, -0.25) is 9.59 Å². The number of carbonyl (C=O) groups is 2. The first kappa shape index (κ1) is 19.9. The molecule has 1 aromatic carbocycles. The van der Waals surface area contributed by atoms with Crippen LogP contribution in [0.2, 0.25) is 0 Å². The molecule has 5 nitrogen and oxygen atoms in total. The molecule has 0 radical (unpaired) electrons. The van der Waals surface area contributed by atoms with E-state index in [0.717, 1.165) is 50.9 Å². The SMILES string of the molecule is CC[C@@H](C(=O)N1CCC2(CCC(=O)N(CCCO)C2)CC1)c1ccccc1. The lowest BCUT2D eigenvalue weighted by Crippen LogP contribution is -2.53. The number of hydrogen-bond donors (Lipinski definition) is 1. The van der Waals surface area contributed by atoms with Crippen LogP contribution in [-0.2, 0) is 9.59 Å². The minimum Gasteiger partial charge on any atom is -0.396 e. The number of benzene rings is 1. The van der Waals surface area contributed by atoms with Crippen molar-refractivity contribution >= 4 is 11.8 Å². The Hall–Kier alpha value is -1.88. The van der Waals surface area contributed by atoms with Gasteiger partial charge >= 0.3 is 0 Å². The first-order chi connectivity index (χ1) is 13.1. The van der Waals surface area contributed by atoms with Crippen LogP contribution in [0.4, 0.5) is 0 Å². The van der Waals surface area contributed by atoms with E-state index < -0.39 is 0 Å². The summed E-state index contributed by atoms with van der Waals surface area (Å²) in [5, 5.41) is 9.07. The van der Waals surface area contributed by atoms with Crippen LogP contribution >= 0.6 is 0 Å². The first-order valence-electron chi connectivity index (χ1n) is 10.3. The van der Waals surface area contributed by atoms with Gasteiger partial charge in [0.1, 0.15) is 0 Å². The van der Waals surface area contributed by atoms with E-state index in [1.807, 2.05) is 40.1 Å². The van der Waals surface area contributed by atoms with Crippen molar-refractivity contribution in [1.29, 1.82) is 0 Å². The van der Waals surface area contributed by atoms with E-state index in [4.69, 9.17) is 5.11 Å². The van der Waals surface area contributed by atoms with Crippen molar-refractivity contribution in [2.24, 2.45) is 5.41 Å². The van der Waals surface area contributed by atoms with Crippen molar-refractivity contribution in [2.45, 2.75) is 51.4 Å². The van der Waals surface area contributed by atoms with Gasteiger partial charge in [-0.25, -0.2) is 0 Å². The van der Waals surface area contributed by atoms with E-state index in [-0.39, 0.29) is 29.8 Å². The summed E-state index contributed by atoms with van der Waals surface area (Å²) in [7, 11) is 0. The highest BCUT2D eigenvalue weighted by atomic mass is 16.3. The minimum absolute atomic E-state index is 0.0609. The van der Waals surface area contributed by atoms with Gasteiger partial charge in [0.25, 0.3) is 0 Å².